The normalized spacial score (nSPS) is 41.8. The van der Waals surface area contributed by atoms with E-state index >= 15 is 0 Å². The van der Waals surface area contributed by atoms with Gasteiger partial charge in [0.2, 0.25) is 0 Å². The lowest BCUT2D eigenvalue weighted by atomic mass is 9.67. The average Bonchev–Trinajstić information content (AvgIpc) is 2.15. The largest absolute Gasteiger partial charge is 0.328 e. The van der Waals surface area contributed by atoms with Crippen LogP contribution >= 0.6 is 0 Å². The summed E-state index contributed by atoms with van der Waals surface area (Å²) in [6, 6.07) is 1.99. The first-order valence-corrected chi connectivity index (χ1v) is 6.09. The van der Waals surface area contributed by atoms with Crippen LogP contribution < -0.4 is 11.1 Å². The number of hydrogen-bond donors (Lipinski definition) is 2. The first kappa shape index (κ1) is 10.4. The Bertz CT molecular complexity index is 192. The molecule has 2 fully saturated rings. The summed E-state index contributed by atoms with van der Waals surface area (Å²) >= 11 is 0. The third-order valence-corrected chi connectivity index (χ3v) is 4.23. The highest BCUT2D eigenvalue weighted by molar-refractivity contribution is 4.96. The van der Waals surface area contributed by atoms with Gasteiger partial charge in [0.05, 0.1) is 0 Å². The average molecular weight is 196 g/mol. The molecule has 2 rings (SSSR count). The lowest BCUT2D eigenvalue weighted by Crippen LogP contribution is -2.54. The van der Waals surface area contributed by atoms with E-state index in [0.29, 0.717) is 11.5 Å². The SMILES string of the molecule is CC1(C)CCC1NC1CCC(N)CC1. The van der Waals surface area contributed by atoms with Crippen LogP contribution in [0.15, 0.2) is 0 Å². The minimum atomic E-state index is 0.474. The molecule has 0 heterocycles. The lowest BCUT2D eigenvalue weighted by molar-refractivity contribution is 0.0906. The second-order valence-corrected chi connectivity index (χ2v) is 5.86. The molecule has 2 aliphatic carbocycles. The molecular formula is C12H24N2. The van der Waals surface area contributed by atoms with Gasteiger partial charge >= 0.3 is 0 Å². The molecular weight excluding hydrogens is 172 g/mol. The highest BCUT2D eigenvalue weighted by Gasteiger charge is 2.39. The fraction of sp³-hybridized carbons (Fsp3) is 1.00. The molecule has 0 radical (unpaired) electrons. The first-order chi connectivity index (χ1) is 6.58. The molecule has 0 spiro atoms. The molecule has 0 bridgehead atoms. The third-order valence-electron chi connectivity index (χ3n) is 4.23. The van der Waals surface area contributed by atoms with Crippen molar-refractivity contribution in [2.45, 2.75) is 70.5 Å². The Morgan fingerprint density at radius 2 is 1.71 bits per heavy atom. The Morgan fingerprint density at radius 3 is 2.14 bits per heavy atom. The van der Waals surface area contributed by atoms with E-state index in [-0.39, 0.29) is 0 Å². The Hall–Kier alpha value is -0.0800. The number of rotatable bonds is 2. The van der Waals surface area contributed by atoms with Crippen LogP contribution in [0.2, 0.25) is 0 Å². The van der Waals surface area contributed by atoms with Gasteiger partial charge in [0.25, 0.3) is 0 Å². The van der Waals surface area contributed by atoms with Gasteiger partial charge < -0.3 is 11.1 Å². The summed E-state index contributed by atoms with van der Waals surface area (Å²) in [6.07, 6.45) is 7.75. The number of nitrogens with one attached hydrogen (secondary N) is 1. The Balaban J connectivity index is 1.76. The van der Waals surface area contributed by atoms with Gasteiger partial charge in [0.15, 0.2) is 0 Å². The molecule has 0 aromatic carbocycles. The van der Waals surface area contributed by atoms with Gasteiger partial charge in [-0.1, -0.05) is 13.8 Å². The predicted molar refractivity (Wildman–Crippen MR) is 60.2 cm³/mol. The van der Waals surface area contributed by atoms with Gasteiger partial charge in [-0.3, -0.25) is 0 Å². The van der Waals surface area contributed by atoms with E-state index < -0.39 is 0 Å². The Morgan fingerprint density at radius 1 is 1.07 bits per heavy atom. The van der Waals surface area contributed by atoms with E-state index in [1.165, 1.54) is 38.5 Å². The van der Waals surface area contributed by atoms with Crippen molar-refractivity contribution in [3.63, 3.8) is 0 Å². The fourth-order valence-electron chi connectivity index (χ4n) is 2.75. The molecule has 1 atom stereocenters. The highest BCUT2D eigenvalue weighted by atomic mass is 15.0. The third kappa shape index (κ3) is 2.12. The maximum Gasteiger partial charge on any atom is 0.0121 e. The molecule has 0 amide bonds. The monoisotopic (exact) mass is 196 g/mol. The van der Waals surface area contributed by atoms with Crippen molar-refractivity contribution < 1.29 is 0 Å². The quantitative estimate of drug-likeness (QED) is 0.709. The molecule has 0 saturated heterocycles. The van der Waals surface area contributed by atoms with Crippen LogP contribution in [0.1, 0.15) is 52.4 Å². The van der Waals surface area contributed by atoms with Gasteiger partial charge in [-0.2, -0.15) is 0 Å². The van der Waals surface area contributed by atoms with Crippen molar-refractivity contribution in [2.24, 2.45) is 11.1 Å². The minimum Gasteiger partial charge on any atom is -0.328 e. The van der Waals surface area contributed by atoms with E-state index in [4.69, 9.17) is 5.73 Å². The van der Waals surface area contributed by atoms with E-state index in [1.807, 2.05) is 0 Å². The zero-order chi connectivity index (χ0) is 10.2. The molecule has 2 aliphatic rings. The van der Waals surface area contributed by atoms with E-state index in [0.717, 1.165) is 12.1 Å². The summed E-state index contributed by atoms with van der Waals surface area (Å²) in [5, 5.41) is 3.81. The van der Waals surface area contributed by atoms with Gasteiger partial charge in [0.1, 0.15) is 0 Å². The highest BCUT2D eigenvalue weighted by Crippen LogP contribution is 2.40. The summed E-state index contributed by atoms with van der Waals surface area (Å²) in [5.41, 5.74) is 6.44. The van der Waals surface area contributed by atoms with Crippen LogP contribution in [0.3, 0.4) is 0 Å². The zero-order valence-corrected chi connectivity index (χ0v) is 9.55. The molecule has 2 heteroatoms. The van der Waals surface area contributed by atoms with Crippen molar-refractivity contribution in [3.05, 3.63) is 0 Å². The summed E-state index contributed by atoms with van der Waals surface area (Å²) in [6.45, 7) is 4.76. The molecule has 2 saturated carbocycles. The van der Waals surface area contributed by atoms with Crippen molar-refractivity contribution in [3.8, 4) is 0 Å². The summed E-state index contributed by atoms with van der Waals surface area (Å²) in [4.78, 5) is 0. The summed E-state index contributed by atoms with van der Waals surface area (Å²) in [7, 11) is 0. The van der Waals surface area contributed by atoms with Crippen LogP contribution in [0.5, 0.6) is 0 Å². The van der Waals surface area contributed by atoms with Crippen LogP contribution in [-0.2, 0) is 0 Å². The second-order valence-electron chi connectivity index (χ2n) is 5.86. The van der Waals surface area contributed by atoms with E-state index in [9.17, 15) is 0 Å². The molecule has 1 unspecified atom stereocenters. The molecule has 0 aliphatic heterocycles. The van der Waals surface area contributed by atoms with Crippen molar-refractivity contribution in [1.29, 1.82) is 0 Å². The van der Waals surface area contributed by atoms with Crippen molar-refractivity contribution in [1.82, 2.24) is 5.32 Å². The Labute approximate surface area is 87.6 Å². The van der Waals surface area contributed by atoms with Crippen LogP contribution in [-0.4, -0.2) is 18.1 Å². The van der Waals surface area contributed by atoms with E-state index in [1.54, 1.807) is 0 Å². The van der Waals surface area contributed by atoms with Gasteiger partial charge in [-0.15, -0.1) is 0 Å². The lowest BCUT2D eigenvalue weighted by Gasteiger charge is -2.47. The molecule has 82 valence electrons. The first-order valence-electron chi connectivity index (χ1n) is 6.09. The standard InChI is InChI=1S/C12H24N2/c1-12(2)8-7-11(12)14-10-5-3-9(13)4-6-10/h9-11,14H,3-8,13H2,1-2H3. The zero-order valence-electron chi connectivity index (χ0n) is 9.55. The fourth-order valence-corrected chi connectivity index (χ4v) is 2.75. The summed E-state index contributed by atoms with van der Waals surface area (Å²) in [5.74, 6) is 0. The van der Waals surface area contributed by atoms with Crippen LogP contribution in [0.25, 0.3) is 0 Å². The molecule has 2 nitrogen and oxygen atoms in total. The number of hydrogen-bond acceptors (Lipinski definition) is 2. The smallest absolute Gasteiger partial charge is 0.0121 e. The van der Waals surface area contributed by atoms with Gasteiger partial charge in [-0.25, -0.2) is 0 Å². The maximum atomic E-state index is 5.90. The van der Waals surface area contributed by atoms with Crippen molar-refractivity contribution >= 4 is 0 Å². The topological polar surface area (TPSA) is 38.0 Å². The minimum absolute atomic E-state index is 0.474. The maximum absolute atomic E-state index is 5.90. The molecule has 0 aromatic rings. The molecule has 14 heavy (non-hydrogen) atoms. The summed E-state index contributed by atoms with van der Waals surface area (Å²) < 4.78 is 0. The number of nitrogens with two attached hydrogens (primary N) is 1. The van der Waals surface area contributed by atoms with Crippen LogP contribution in [0, 0.1) is 5.41 Å². The van der Waals surface area contributed by atoms with Crippen molar-refractivity contribution in [2.75, 3.05) is 0 Å². The molecule has 0 aromatic heterocycles. The second kappa shape index (κ2) is 3.82. The van der Waals surface area contributed by atoms with Gasteiger partial charge in [0, 0.05) is 18.1 Å². The van der Waals surface area contributed by atoms with E-state index in [2.05, 4.69) is 19.2 Å². The van der Waals surface area contributed by atoms with Gasteiger partial charge in [-0.05, 0) is 43.9 Å². The predicted octanol–water partition coefficient (Wildman–Crippen LogP) is 2.03. The Kier molecular flexibility index (Phi) is 2.85. The van der Waals surface area contributed by atoms with Crippen LogP contribution in [0.4, 0.5) is 0 Å². The molecule has 3 N–H and O–H groups in total.